The molecule has 1 N–H and O–H groups in total. The van der Waals surface area contributed by atoms with E-state index in [-0.39, 0.29) is 41.6 Å². The van der Waals surface area contributed by atoms with Crippen LogP contribution >= 0.6 is 12.4 Å². The number of amides is 3. The van der Waals surface area contributed by atoms with Gasteiger partial charge in [0.1, 0.15) is 5.75 Å². The summed E-state index contributed by atoms with van der Waals surface area (Å²) >= 11 is 0. The van der Waals surface area contributed by atoms with Crippen molar-refractivity contribution < 1.29 is 27.9 Å². The van der Waals surface area contributed by atoms with Crippen LogP contribution in [-0.2, 0) is 4.79 Å². The van der Waals surface area contributed by atoms with Gasteiger partial charge in [0.15, 0.2) is 0 Å². The van der Waals surface area contributed by atoms with Crippen LogP contribution in [0.3, 0.4) is 0 Å². The van der Waals surface area contributed by atoms with Gasteiger partial charge < -0.3 is 24.8 Å². The number of alkyl halides is 2. The van der Waals surface area contributed by atoms with Crippen LogP contribution in [0.15, 0.2) is 78.9 Å². The van der Waals surface area contributed by atoms with Crippen LogP contribution in [0.4, 0.5) is 20.2 Å². The number of carbonyl (C=O) groups is 3. The minimum Gasteiger partial charge on any atom is -0.497 e. The van der Waals surface area contributed by atoms with Crippen LogP contribution < -0.4 is 15.0 Å². The molecule has 11 heteroatoms. The third-order valence-corrected chi connectivity index (χ3v) is 8.27. The molecular weight excluding hydrogens is 602 g/mol. The molecule has 2 aliphatic rings. The molecular formula is C34H37ClF2N4O4. The molecule has 3 aromatic carbocycles. The summed E-state index contributed by atoms with van der Waals surface area (Å²) in [6.45, 7) is 0.759. The SMILES string of the molecule is COc1cccc(C(=O)Nc2ccc(C(=O)N3CCC(F)(F)C(=CC(=O)N4CCC(N(C)C)CC4)c4ccccc43)cc2)c1.Cl. The molecule has 3 aromatic rings. The average molecular weight is 639 g/mol. The number of fused-ring (bicyclic) bond motifs is 1. The number of hydrogen-bond donors (Lipinski definition) is 1. The lowest BCUT2D eigenvalue weighted by molar-refractivity contribution is -0.127. The summed E-state index contributed by atoms with van der Waals surface area (Å²) < 4.78 is 36.5. The van der Waals surface area contributed by atoms with Crippen molar-refractivity contribution in [2.75, 3.05) is 51.1 Å². The lowest BCUT2D eigenvalue weighted by Crippen LogP contribution is -2.44. The first-order valence-electron chi connectivity index (χ1n) is 14.6. The van der Waals surface area contributed by atoms with E-state index in [4.69, 9.17) is 4.74 Å². The summed E-state index contributed by atoms with van der Waals surface area (Å²) in [5.74, 6) is -4.02. The highest BCUT2D eigenvalue weighted by atomic mass is 35.5. The van der Waals surface area contributed by atoms with E-state index in [0.29, 0.717) is 41.8 Å². The Hall–Kier alpha value is -4.28. The van der Waals surface area contributed by atoms with Gasteiger partial charge in [0.05, 0.1) is 12.8 Å². The van der Waals surface area contributed by atoms with E-state index in [1.807, 2.05) is 14.1 Å². The number of allylic oxidation sites excluding steroid dienone is 1. The molecule has 238 valence electrons. The monoisotopic (exact) mass is 638 g/mol. The third-order valence-electron chi connectivity index (χ3n) is 8.27. The number of para-hydroxylation sites is 1. The van der Waals surface area contributed by atoms with E-state index in [1.165, 1.54) is 18.1 Å². The standard InChI is InChI=1S/C34H36F2N4O4.ClH/c1-38(2)26-15-18-39(19-16-26)31(41)22-29-28-9-4-5-10-30(28)40(20-17-34(29,35)36)33(43)23-11-13-25(14-12-23)37-32(42)24-7-6-8-27(21-24)44-3;/h4-14,21-22,26H,15-20H2,1-3H3,(H,37,42);1H. The molecule has 8 nitrogen and oxygen atoms in total. The van der Waals surface area contributed by atoms with Crippen LogP contribution in [-0.4, -0.2) is 80.3 Å². The van der Waals surface area contributed by atoms with Crippen molar-refractivity contribution in [2.24, 2.45) is 0 Å². The number of carbonyl (C=O) groups excluding carboxylic acids is 3. The zero-order valence-corrected chi connectivity index (χ0v) is 26.3. The van der Waals surface area contributed by atoms with E-state index in [1.54, 1.807) is 71.6 Å². The van der Waals surface area contributed by atoms with E-state index in [2.05, 4.69) is 10.2 Å². The minimum absolute atomic E-state index is 0. The second-order valence-electron chi connectivity index (χ2n) is 11.3. The smallest absolute Gasteiger partial charge is 0.275 e. The highest BCUT2D eigenvalue weighted by Gasteiger charge is 2.42. The van der Waals surface area contributed by atoms with E-state index in [9.17, 15) is 14.4 Å². The normalized spacial score (nSPS) is 17.2. The van der Waals surface area contributed by atoms with Crippen molar-refractivity contribution in [1.82, 2.24) is 9.80 Å². The van der Waals surface area contributed by atoms with Crippen LogP contribution in [0.2, 0.25) is 0 Å². The highest BCUT2D eigenvalue weighted by molar-refractivity contribution is 6.10. The molecule has 1 fully saturated rings. The molecule has 2 heterocycles. The van der Waals surface area contributed by atoms with Gasteiger partial charge in [-0.25, -0.2) is 8.78 Å². The van der Waals surface area contributed by atoms with Crippen molar-refractivity contribution in [2.45, 2.75) is 31.2 Å². The lowest BCUT2D eigenvalue weighted by atomic mass is 9.96. The van der Waals surface area contributed by atoms with Gasteiger partial charge in [-0.05, 0) is 75.5 Å². The Morgan fingerprint density at radius 3 is 2.29 bits per heavy atom. The number of benzene rings is 3. The third kappa shape index (κ3) is 7.51. The fraction of sp³-hybridized carbons (Fsp3) is 0.324. The van der Waals surface area contributed by atoms with Crippen molar-refractivity contribution in [1.29, 1.82) is 0 Å². The van der Waals surface area contributed by atoms with Gasteiger partial charge >= 0.3 is 0 Å². The van der Waals surface area contributed by atoms with Crippen LogP contribution in [0.5, 0.6) is 5.75 Å². The summed E-state index contributed by atoms with van der Waals surface area (Å²) in [7, 11) is 5.51. The number of likely N-dealkylation sites (tertiary alicyclic amines) is 1. The van der Waals surface area contributed by atoms with Crippen molar-refractivity contribution in [3.8, 4) is 5.75 Å². The van der Waals surface area contributed by atoms with Gasteiger partial charge in [-0.3, -0.25) is 14.4 Å². The van der Waals surface area contributed by atoms with Crippen molar-refractivity contribution in [3.05, 3.63) is 95.6 Å². The molecule has 3 amide bonds. The molecule has 0 aromatic heterocycles. The quantitative estimate of drug-likeness (QED) is 0.336. The van der Waals surface area contributed by atoms with Crippen LogP contribution in [0, 0.1) is 0 Å². The Morgan fingerprint density at radius 2 is 1.62 bits per heavy atom. The van der Waals surface area contributed by atoms with Crippen LogP contribution in [0.1, 0.15) is 45.5 Å². The molecule has 0 unspecified atom stereocenters. The number of halogens is 3. The zero-order valence-electron chi connectivity index (χ0n) is 25.5. The molecule has 1 saturated heterocycles. The van der Waals surface area contributed by atoms with Crippen molar-refractivity contribution >= 4 is 47.1 Å². The Morgan fingerprint density at radius 1 is 0.933 bits per heavy atom. The number of rotatable bonds is 6. The Balaban J connectivity index is 0.00000461. The number of nitrogens with one attached hydrogen (secondary N) is 1. The average Bonchev–Trinajstić information content (AvgIpc) is 3.14. The molecule has 2 aliphatic heterocycles. The number of ether oxygens (including phenoxy) is 1. The van der Waals surface area contributed by atoms with Gasteiger partial charge in [0.25, 0.3) is 17.7 Å². The summed E-state index contributed by atoms with van der Waals surface area (Å²) in [6.07, 6.45) is 1.98. The number of methoxy groups -OCH3 is 1. The number of piperidine rings is 1. The van der Waals surface area contributed by atoms with Gasteiger partial charge in [-0.1, -0.05) is 24.3 Å². The van der Waals surface area contributed by atoms with Crippen molar-refractivity contribution in [3.63, 3.8) is 0 Å². The van der Waals surface area contributed by atoms with E-state index >= 15 is 8.78 Å². The Kier molecular flexibility index (Phi) is 10.6. The van der Waals surface area contributed by atoms with Gasteiger partial charge in [-0.2, -0.15) is 0 Å². The molecule has 45 heavy (non-hydrogen) atoms. The predicted octanol–water partition coefficient (Wildman–Crippen LogP) is 5.99. The van der Waals surface area contributed by atoms with E-state index < -0.39 is 24.2 Å². The molecule has 5 rings (SSSR count). The lowest BCUT2D eigenvalue weighted by Gasteiger charge is -2.35. The number of nitrogens with zero attached hydrogens (tertiary/aromatic N) is 3. The van der Waals surface area contributed by atoms with Crippen LogP contribution in [0.25, 0.3) is 5.57 Å². The minimum atomic E-state index is -3.32. The first kappa shape index (κ1) is 33.6. The maximum absolute atomic E-state index is 15.7. The number of hydrogen-bond acceptors (Lipinski definition) is 5. The highest BCUT2D eigenvalue weighted by Crippen LogP contribution is 2.43. The summed E-state index contributed by atoms with van der Waals surface area (Å²) in [6, 6.07) is 19.8. The molecule has 0 aliphatic carbocycles. The summed E-state index contributed by atoms with van der Waals surface area (Å²) in [4.78, 5) is 44.7. The first-order chi connectivity index (χ1) is 21.1. The Labute approximate surface area is 268 Å². The second kappa shape index (κ2) is 14.2. The maximum atomic E-state index is 15.7. The summed E-state index contributed by atoms with van der Waals surface area (Å²) in [5.41, 5.74) is 1.24. The molecule has 0 spiro atoms. The van der Waals surface area contributed by atoms with Gasteiger partial charge in [-0.15, -0.1) is 12.4 Å². The number of anilines is 2. The molecule has 0 saturated carbocycles. The fourth-order valence-electron chi connectivity index (χ4n) is 5.67. The topological polar surface area (TPSA) is 82.2 Å². The second-order valence-corrected chi connectivity index (χ2v) is 11.3. The molecule has 0 bridgehead atoms. The van der Waals surface area contributed by atoms with E-state index in [0.717, 1.165) is 18.9 Å². The largest absolute Gasteiger partial charge is 0.497 e. The fourth-order valence-corrected chi connectivity index (χ4v) is 5.67. The maximum Gasteiger partial charge on any atom is 0.275 e. The molecule has 0 atom stereocenters. The Bertz CT molecular complexity index is 1570. The predicted molar refractivity (Wildman–Crippen MR) is 174 cm³/mol. The summed E-state index contributed by atoms with van der Waals surface area (Å²) in [5, 5.41) is 2.79. The first-order valence-corrected chi connectivity index (χ1v) is 14.6. The van der Waals surface area contributed by atoms with Gasteiger partial charge in [0.2, 0.25) is 5.91 Å². The molecule has 0 radical (unpaired) electrons. The zero-order chi connectivity index (χ0) is 31.4. The van der Waals surface area contributed by atoms with Gasteiger partial charge in [0, 0.05) is 66.1 Å².